The predicted octanol–water partition coefficient (Wildman–Crippen LogP) is 3.68. The second kappa shape index (κ2) is 7.69. The number of aromatic nitrogens is 3. The highest BCUT2D eigenvalue weighted by Crippen LogP contribution is 2.23. The van der Waals surface area contributed by atoms with Crippen molar-refractivity contribution in [2.24, 2.45) is 0 Å². The summed E-state index contributed by atoms with van der Waals surface area (Å²) in [5.74, 6) is 5.88. The number of halogens is 1. The molecule has 1 amide bonds. The van der Waals surface area contributed by atoms with Gasteiger partial charge in [-0.1, -0.05) is 54.2 Å². The van der Waals surface area contributed by atoms with E-state index in [1.807, 2.05) is 42.5 Å². The number of hydrogen-bond acceptors (Lipinski definition) is 5. The molecular formula is C20H16FN5OS. The zero-order chi connectivity index (χ0) is 19.5. The van der Waals surface area contributed by atoms with Gasteiger partial charge in [0.1, 0.15) is 5.82 Å². The van der Waals surface area contributed by atoms with Crippen LogP contribution in [-0.2, 0) is 4.79 Å². The van der Waals surface area contributed by atoms with Crippen molar-refractivity contribution >= 4 is 34.1 Å². The Morgan fingerprint density at radius 1 is 1.04 bits per heavy atom. The van der Waals surface area contributed by atoms with E-state index in [4.69, 9.17) is 5.84 Å². The zero-order valence-corrected chi connectivity index (χ0v) is 15.5. The molecule has 4 rings (SSSR count). The average Bonchev–Trinajstić information content (AvgIpc) is 3.07. The van der Waals surface area contributed by atoms with Gasteiger partial charge in [-0.15, -0.1) is 10.2 Å². The molecule has 0 atom stereocenters. The third-order valence-electron chi connectivity index (χ3n) is 4.11. The number of carbonyl (C=O) groups excluding carboxylic acids is 1. The molecule has 4 aromatic rings. The summed E-state index contributed by atoms with van der Waals surface area (Å²) in [5.41, 5.74) is 1.24. The van der Waals surface area contributed by atoms with Crippen LogP contribution >= 0.6 is 11.8 Å². The van der Waals surface area contributed by atoms with Crippen LogP contribution in [0.5, 0.6) is 0 Å². The van der Waals surface area contributed by atoms with E-state index >= 15 is 0 Å². The van der Waals surface area contributed by atoms with E-state index in [0.717, 1.165) is 28.2 Å². The number of nitrogens with zero attached hydrogens (tertiary/aromatic N) is 3. The number of hydrogen-bond donors (Lipinski definition) is 2. The first-order valence-corrected chi connectivity index (χ1v) is 9.46. The highest BCUT2D eigenvalue weighted by molar-refractivity contribution is 7.99. The van der Waals surface area contributed by atoms with Gasteiger partial charge in [0.25, 0.3) is 0 Å². The summed E-state index contributed by atoms with van der Waals surface area (Å²) in [6.45, 7) is 0. The molecule has 1 aromatic heterocycles. The monoisotopic (exact) mass is 393 g/mol. The highest BCUT2D eigenvalue weighted by Gasteiger charge is 2.14. The maximum atomic E-state index is 13.4. The number of rotatable bonds is 5. The fourth-order valence-corrected chi connectivity index (χ4v) is 3.45. The van der Waals surface area contributed by atoms with Gasteiger partial charge in [0.15, 0.2) is 5.82 Å². The summed E-state index contributed by atoms with van der Waals surface area (Å²) < 4.78 is 14.6. The summed E-state index contributed by atoms with van der Waals surface area (Å²) in [6.07, 6.45) is 0. The van der Waals surface area contributed by atoms with Crippen molar-refractivity contribution < 1.29 is 9.18 Å². The van der Waals surface area contributed by atoms with E-state index in [0.29, 0.717) is 16.5 Å². The van der Waals surface area contributed by atoms with E-state index in [1.165, 1.54) is 16.8 Å². The summed E-state index contributed by atoms with van der Waals surface area (Å²) in [5, 5.41) is 13.4. The van der Waals surface area contributed by atoms with Crippen molar-refractivity contribution in [3.8, 4) is 11.4 Å². The van der Waals surface area contributed by atoms with Crippen LogP contribution in [0.25, 0.3) is 22.2 Å². The molecular weight excluding hydrogens is 377 g/mol. The molecule has 140 valence electrons. The van der Waals surface area contributed by atoms with E-state index in [1.54, 1.807) is 12.1 Å². The number of nitrogens with one attached hydrogen (secondary N) is 1. The van der Waals surface area contributed by atoms with Crippen LogP contribution in [0.2, 0.25) is 0 Å². The normalized spacial score (nSPS) is 10.9. The first-order chi connectivity index (χ1) is 13.6. The topological polar surface area (TPSA) is 85.8 Å². The smallest absolute Gasteiger partial charge is 0.234 e. The lowest BCUT2D eigenvalue weighted by molar-refractivity contribution is -0.113. The van der Waals surface area contributed by atoms with Crippen LogP contribution in [0, 0.1) is 5.82 Å². The summed E-state index contributed by atoms with van der Waals surface area (Å²) >= 11 is 1.16. The van der Waals surface area contributed by atoms with Gasteiger partial charge < -0.3 is 11.2 Å². The molecule has 3 aromatic carbocycles. The maximum Gasteiger partial charge on any atom is 0.234 e. The van der Waals surface area contributed by atoms with Gasteiger partial charge in [0, 0.05) is 11.3 Å². The summed E-state index contributed by atoms with van der Waals surface area (Å²) in [6, 6.07) is 19.6. The fraction of sp³-hybridized carbons (Fsp3) is 0.0500. The molecule has 0 spiro atoms. The minimum absolute atomic E-state index is 0.116. The number of fused-ring (bicyclic) bond motifs is 1. The summed E-state index contributed by atoms with van der Waals surface area (Å²) in [7, 11) is 0. The first-order valence-electron chi connectivity index (χ1n) is 8.48. The summed E-state index contributed by atoms with van der Waals surface area (Å²) in [4.78, 5) is 12.3. The van der Waals surface area contributed by atoms with Crippen LogP contribution in [-0.4, -0.2) is 26.5 Å². The van der Waals surface area contributed by atoms with Crippen LogP contribution in [0.3, 0.4) is 0 Å². The molecule has 0 fully saturated rings. The zero-order valence-electron chi connectivity index (χ0n) is 14.7. The highest BCUT2D eigenvalue weighted by atomic mass is 32.2. The Balaban J connectivity index is 1.42. The Bertz CT molecular complexity index is 1160. The van der Waals surface area contributed by atoms with Gasteiger partial charge in [0.05, 0.1) is 5.75 Å². The standard InChI is InChI=1S/C20H16FN5OS/c21-16-7-3-6-15(10-16)19-24-25-20(26(19)22)28-12-18(27)23-17-9-8-13-4-1-2-5-14(13)11-17/h1-11H,12,22H2,(H,23,27). The lowest BCUT2D eigenvalue weighted by atomic mass is 10.1. The Morgan fingerprint density at radius 2 is 1.86 bits per heavy atom. The van der Waals surface area contributed by atoms with Crippen LogP contribution in [0.1, 0.15) is 0 Å². The molecule has 6 nitrogen and oxygen atoms in total. The van der Waals surface area contributed by atoms with Gasteiger partial charge in [0.2, 0.25) is 11.1 Å². The molecule has 0 aliphatic carbocycles. The number of carbonyl (C=O) groups is 1. The second-order valence-electron chi connectivity index (χ2n) is 6.09. The van der Waals surface area contributed by atoms with Crippen molar-refractivity contribution in [3.63, 3.8) is 0 Å². The molecule has 0 aliphatic heterocycles. The minimum atomic E-state index is -0.385. The van der Waals surface area contributed by atoms with Gasteiger partial charge >= 0.3 is 0 Å². The largest absolute Gasteiger partial charge is 0.335 e. The van der Waals surface area contributed by atoms with E-state index in [-0.39, 0.29) is 17.5 Å². The Hall–Kier alpha value is -3.39. The van der Waals surface area contributed by atoms with Gasteiger partial charge in [-0.05, 0) is 35.0 Å². The van der Waals surface area contributed by atoms with Crippen molar-refractivity contribution in [1.82, 2.24) is 14.9 Å². The quantitative estimate of drug-likeness (QED) is 0.399. The Kier molecular flexibility index (Phi) is 4.94. The van der Waals surface area contributed by atoms with Gasteiger partial charge in [-0.2, -0.15) is 0 Å². The average molecular weight is 393 g/mol. The molecule has 0 saturated carbocycles. The third-order valence-corrected chi connectivity index (χ3v) is 5.06. The lowest BCUT2D eigenvalue weighted by Crippen LogP contribution is -2.16. The Morgan fingerprint density at radius 3 is 2.68 bits per heavy atom. The van der Waals surface area contributed by atoms with Crippen molar-refractivity contribution in [2.75, 3.05) is 16.9 Å². The number of amides is 1. The van der Waals surface area contributed by atoms with Crippen LogP contribution < -0.4 is 11.2 Å². The van der Waals surface area contributed by atoms with E-state index < -0.39 is 0 Å². The molecule has 3 N–H and O–H groups in total. The number of nitrogens with two attached hydrogens (primary N) is 1. The number of nitrogen functional groups attached to an aromatic ring is 1. The van der Waals surface area contributed by atoms with Gasteiger partial charge in [-0.3, -0.25) is 4.79 Å². The lowest BCUT2D eigenvalue weighted by Gasteiger charge is -2.07. The van der Waals surface area contributed by atoms with Crippen molar-refractivity contribution in [2.45, 2.75) is 5.16 Å². The van der Waals surface area contributed by atoms with E-state index in [9.17, 15) is 9.18 Å². The van der Waals surface area contributed by atoms with Crippen LogP contribution in [0.4, 0.5) is 10.1 Å². The molecule has 0 radical (unpaired) electrons. The third kappa shape index (κ3) is 3.81. The molecule has 8 heteroatoms. The minimum Gasteiger partial charge on any atom is -0.335 e. The predicted molar refractivity (Wildman–Crippen MR) is 109 cm³/mol. The number of thioether (sulfide) groups is 1. The SMILES string of the molecule is Nn1c(SCC(=O)Nc2ccc3ccccc3c2)nnc1-c1cccc(F)c1. The number of anilines is 1. The maximum absolute atomic E-state index is 13.4. The molecule has 28 heavy (non-hydrogen) atoms. The van der Waals surface area contributed by atoms with Crippen molar-refractivity contribution in [1.29, 1.82) is 0 Å². The van der Waals surface area contributed by atoms with Gasteiger partial charge in [-0.25, -0.2) is 9.07 Å². The fourth-order valence-electron chi connectivity index (χ4n) is 2.79. The number of benzene rings is 3. The second-order valence-corrected chi connectivity index (χ2v) is 7.03. The van der Waals surface area contributed by atoms with E-state index in [2.05, 4.69) is 15.5 Å². The molecule has 1 heterocycles. The molecule has 0 bridgehead atoms. The first kappa shape index (κ1) is 18.0. The molecule has 0 aliphatic rings. The molecule has 0 saturated heterocycles. The Labute approximate surface area is 164 Å². The van der Waals surface area contributed by atoms with Crippen molar-refractivity contribution in [3.05, 3.63) is 72.5 Å². The molecule has 0 unspecified atom stereocenters. The van der Waals surface area contributed by atoms with Crippen LogP contribution in [0.15, 0.2) is 71.9 Å².